The number of aryl methyl sites for hydroxylation is 1. The maximum atomic E-state index is 11.8. The van der Waals surface area contributed by atoms with Crippen molar-refractivity contribution in [2.45, 2.75) is 0 Å². The minimum absolute atomic E-state index is 0.196. The van der Waals surface area contributed by atoms with Crippen LogP contribution < -0.4 is 5.63 Å². The van der Waals surface area contributed by atoms with Gasteiger partial charge in [0.05, 0.1) is 16.8 Å². The molecule has 0 unspecified atom stereocenters. The summed E-state index contributed by atoms with van der Waals surface area (Å²) in [4.78, 5) is 16.1. The smallest absolute Gasteiger partial charge is 0.350 e. The molecule has 6 heteroatoms. The van der Waals surface area contributed by atoms with Gasteiger partial charge in [-0.3, -0.25) is 4.68 Å². The zero-order valence-electron chi connectivity index (χ0n) is 9.42. The van der Waals surface area contributed by atoms with Crippen LogP contribution in [0.25, 0.3) is 22.5 Å². The molecule has 0 amide bonds. The van der Waals surface area contributed by atoms with Gasteiger partial charge in [-0.25, -0.2) is 4.79 Å². The van der Waals surface area contributed by atoms with Crippen molar-refractivity contribution in [3.63, 3.8) is 0 Å². The SMILES string of the molecule is Cn1ncc2c(=O)oc(-c3ccccc3Cl)nc21. The van der Waals surface area contributed by atoms with Gasteiger partial charge in [0.1, 0.15) is 5.39 Å². The summed E-state index contributed by atoms with van der Waals surface area (Å²) in [5, 5.41) is 4.81. The summed E-state index contributed by atoms with van der Waals surface area (Å²) in [5.74, 6) is 0.196. The third-order valence-corrected chi connectivity index (χ3v) is 2.96. The lowest BCUT2D eigenvalue weighted by atomic mass is 10.2. The first-order valence-corrected chi connectivity index (χ1v) is 5.62. The van der Waals surface area contributed by atoms with E-state index >= 15 is 0 Å². The van der Waals surface area contributed by atoms with Gasteiger partial charge in [0.25, 0.3) is 0 Å². The monoisotopic (exact) mass is 261 g/mol. The molecule has 18 heavy (non-hydrogen) atoms. The molecule has 0 N–H and O–H groups in total. The van der Waals surface area contributed by atoms with Crippen LogP contribution in [0.4, 0.5) is 0 Å². The lowest BCUT2D eigenvalue weighted by Gasteiger charge is -2.01. The summed E-state index contributed by atoms with van der Waals surface area (Å²) in [6.45, 7) is 0. The van der Waals surface area contributed by atoms with Crippen LogP contribution in [0.3, 0.4) is 0 Å². The second-order valence-corrected chi connectivity index (χ2v) is 4.20. The fourth-order valence-corrected chi connectivity index (χ4v) is 1.94. The highest BCUT2D eigenvalue weighted by Crippen LogP contribution is 2.25. The van der Waals surface area contributed by atoms with Gasteiger partial charge < -0.3 is 4.42 Å². The molecule has 0 fully saturated rings. The lowest BCUT2D eigenvalue weighted by molar-refractivity contribution is 0.517. The second kappa shape index (κ2) is 3.96. The van der Waals surface area contributed by atoms with Gasteiger partial charge in [-0.15, -0.1) is 0 Å². The molecule has 0 radical (unpaired) electrons. The Kier molecular flexibility index (Phi) is 2.41. The first-order chi connectivity index (χ1) is 8.66. The molecule has 2 heterocycles. The lowest BCUT2D eigenvalue weighted by Crippen LogP contribution is -2.03. The summed E-state index contributed by atoms with van der Waals surface area (Å²) >= 11 is 6.05. The van der Waals surface area contributed by atoms with Crippen molar-refractivity contribution >= 4 is 22.6 Å². The van der Waals surface area contributed by atoms with Crippen LogP contribution >= 0.6 is 11.6 Å². The normalized spacial score (nSPS) is 11.0. The fourth-order valence-electron chi connectivity index (χ4n) is 1.72. The summed E-state index contributed by atoms with van der Waals surface area (Å²) < 4.78 is 6.69. The number of rotatable bonds is 1. The van der Waals surface area contributed by atoms with E-state index in [9.17, 15) is 4.79 Å². The van der Waals surface area contributed by atoms with Crippen LogP contribution in [-0.4, -0.2) is 14.8 Å². The van der Waals surface area contributed by atoms with Crippen molar-refractivity contribution < 1.29 is 4.42 Å². The third-order valence-electron chi connectivity index (χ3n) is 2.63. The van der Waals surface area contributed by atoms with Crippen LogP contribution in [0.5, 0.6) is 0 Å². The van der Waals surface area contributed by atoms with E-state index in [1.165, 1.54) is 10.9 Å². The van der Waals surface area contributed by atoms with Crippen molar-refractivity contribution in [2.24, 2.45) is 7.05 Å². The zero-order chi connectivity index (χ0) is 12.7. The highest BCUT2D eigenvalue weighted by atomic mass is 35.5. The average Bonchev–Trinajstić information content (AvgIpc) is 2.72. The van der Waals surface area contributed by atoms with Crippen molar-refractivity contribution in [1.82, 2.24) is 14.8 Å². The number of benzene rings is 1. The molecule has 1 aromatic carbocycles. The van der Waals surface area contributed by atoms with E-state index < -0.39 is 5.63 Å². The Morgan fingerprint density at radius 3 is 2.89 bits per heavy atom. The van der Waals surface area contributed by atoms with Crippen LogP contribution in [0.2, 0.25) is 5.02 Å². The van der Waals surface area contributed by atoms with Crippen LogP contribution in [0, 0.1) is 0 Å². The van der Waals surface area contributed by atoms with Gasteiger partial charge >= 0.3 is 5.63 Å². The second-order valence-electron chi connectivity index (χ2n) is 3.79. The molecule has 0 bridgehead atoms. The molecule has 0 aliphatic heterocycles. The number of aromatic nitrogens is 3. The number of hydrogen-bond acceptors (Lipinski definition) is 4. The third kappa shape index (κ3) is 1.60. The van der Waals surface area contributed by atoms with Crippen LogP contribution in [0.1, 0.15) is 0 Å². The maximum Gasteiger partial charge on any atom is 0.350 e. The Morgan fingerprint density at radius 1 is 1.33 bits per heavy atom. The van der Waals surface area contributed by atoms with Gasteiger partial charge in [-0.1, -0.05) is 23.7 Å². The summed E-state index contributed by atoms with van der Waals surface area (Å²) in [6.07, 6.45) is 1.44. The molecule has 3 aromatic rings. The van der Waals surface area contributed by atoms with Crippen molar-refractivity contribution in [3.8, 4) is 11.5 Å². The molecule has 0 saturated heterocycles. The zero-order valence-corrected chi connectivity index (χ0v) is 10.2. The Bertz CT molecular complexity index is 791. The fraction of sp³-hybridized carbons (Fsp3) is 0.0833. The van der Waals surface area contributed by atoms with E-state index in [-0.39, 0.29) is 5.89 Å². The molecule has 90 valence electrons. The van der Waals surface area contributed by atoms with E-state index in [0.717, 1.165) is 0 Å². The molecule has 3 rings (SSSR count). The molecule has 0 spiro atoms. The minimum atomic E-state index is -0.469. The van der Waals surface area contributed by atoms with E-state index in [4.69, 9.17) is 16.0 Å². The highest BCUT2D eigenvalue weighted by molar-refractivity contribution is 6.33. The summed E-state index contributed by atoms with van der Waals surface area (Å²) in [7, 11) is 1.71. The van der Waals surface area contributed by atoms with Gasteiger partial charge in [0, 0.05) is 7.05 Å². The first-order valence-electron chi connectivity index (χ1n) is 5.24. The van der Waals surface area contributed by atoms with Crippen LogP contribution in [-0.2, 0) is 7.05 Å². The Labute approximate surface area is 107 Å². The molecule has 0 aliphatic rings. The Balaban J connectivity index is 2.34. The Hall–Kier alpha value is -2.14. The number of halogens is 1. The van der Waals surface area contributed by atoms with E-state index in [0.29, 0.717) is 21.6 Å². The molecule has 2 aromatic heterocycles. The molecular formula is C12H8ClN3O2. The maximum absolute atomic E-state index is 11.8. The number of hydrogen-bond donors (Lipinski definition) is 0. The number of fused-ring (bicyclic) bond motifs is 1. The summed E-state index contributed by atoms with van der Waals surface area (Å²) in [5.41, 5.74) is 0.587. The van der Waals surface area contributed by atoms with Crippen molar-refractivity contribution in [3.05, 3.63) is 45.9 Å². The largest absolute Gasteiger partial charge is 0.403 e. The quantitative estimate of drug-likeness (QED) is 0.674. The summed E-state index contributed by atoms with van der Waals surface area (Å²) in [6, 6.07) is 7.06. The van der Waals surface area contributed by atoms with Crippen LogP contribution in [0.15, 0.2) is 39.7 Å². The first kappa shape index (κ1) is 11.0. The topological polar surface area (TPSA) is 60.9 Å². The standard InChI is InChI=1S/C12H8ClN3O2/c1-16-10-8(6-14-16)12(17)18-11(15-10)7-4-2-3-5-9(7)13/h2-6H,1H3. The van der Waals surface area contributed by atoms with E-state index in [2.05, 4.69) is 10.1 Å². The van der Waals surface area contributed by atoms with E-state index in [1.54, 1.807) is 31.3 Å². The van der Waals surface area contributed by atoms with Crippen molar-refractivity contribution in [2.75, 3.05) is 0 Å². The molecule has 0 saturated carbocycles. The van der Waals surface area contributed by atoms with Gasteiger partial charge in [-0.2, -0.15) is 10.1 Å². The Morgan fingerprint density at radius 2 is 2.11 bits per heavy atom. The predicted molar refractivity (Wildman–Crippen MR) is 67.5 cm³/mol. The van der Waals surface area contributed by atoms with Gasteiger partial charge in [0.15, 0.2) is 5.65 Å². The molecular weight excluding hydrogens is 254 g/mol. The molecule has 0 atom stereocenters. The minimum Gasteiger partial charge on any atom is -0.403 e. The number of nitrogens with zero attached hydrogens (tertiary/aromatic N) is 3. The van der Waals surface area contributed by atoms with E-state index in [1.807, 2.05) is 0 Å². The van der Waals surface area contributed by atoms with Gasteiger partial charge in [0.2, 0.25) is 5.89 Å². The highest BCUT2D eigenvalue weighted by Gasteiger charge is 2.13. The molecule has 5 nitrogen and oxygen atoms in total. The van der Waals surface area contributed by atoms with Crippen molar-refractivity contribution in [1.29, 1.82) is 0 Å². The predicted octanol–water partition coefficient (Wildman–Crippen LogP) is 2.24. The molecule has 0 aliphatic carbocycles. The van der Waals surface area contributed by atoms with Gasteiger partial charge in [-0.05, 0) is 12.1 Å². The average molecular weight is 262 g/mol.